The molecule has 3 aromatic carbocycles. The van der Waals surface area contributed by atoms with Crippen LogP contribution in [0.4, 0.5) is 34.5 Å². The largest absolute Gasteiger partial charge is 0.339 e. The summed E-state index contributed by atoms with van der Waals surface area (Å²) in [5.74, 6) is 0.625. The Bertz CT molecular complexity index is 1550. The van der Waals surface area contributed by atoms with Crippen molar-refractivity contribution in [2.24, 2.45) is 0 Å². The number of fused-ring (bicyclic) bond motifs is 1. The van der Waals surface area contributed by atoms with Gasteiger partial charge in [0, 0.05) is 35.4 Å². The van der Waals surface area contributed by atoms with E-state index in [9.17, 15) is 9.59 Å². The molecule has 0 saturated carbocycles. The third-order valence-corrected chi connectivity index (χ3v) is 6.95. The molecule has 192 valence electrons. The normalized spacial score (nSPS) is 13.7. The van der Waals surface area contributed by atoms with Gasteiger partial charge in [0.25, 0.3) is 5.91 Å². The number of anilines is 6. The van der Waals surface area contributed by atoms with E-state index in [2.05, 4.69) is 25.9 Å². The molecule has 0 unspecified atom stereocenters. The minimum atomic E-state index is -0.613. The molecule has 0 saturated heterocycles. The van der Waals surface area contributed by atoms with Crippen molar-refractivity contribution < 1.29 is 9.59 Å². The van der Waals surface area contributed by atoms with Crippen molar-refractivity contribution in [1.29, 1.82) is 0 Å². The summed E-state index contributed by atoms with van der Waals surface area (Å²) in [4.78, 5) is 35.7. The van der Waals surface area contributed by atoms with E-state index < -0.39 is 5.41 Å². The molecule has 2 heterocycles. The number of benzene rings is 3. The molecule has 4 aromatic rings. The van der Waals surface area contributed by atoms with Crippen LogP contribution in [0.25, 0.3) is 0 Å². The Morgan fingerprint density at radius 2 is 1.68 bits per heavy atom. The zero-order valence-corrected chi connectivity index (χ0v) is 22.2. The first-order valence-corrected chi connectivity index (χ1v) is 12.5. The van der Waals surface area contributed by atoms with Crippen molar-refractivity contribution in [2.45, 2.75) is 26.2 Å². The highest BCUT2D eigenvalue weighted by Crippen LogP contribution is 2.42. The van der Waals surface area contributed by atoms with E-state index in [1.165, 1.54) is 6.20 Å². The van der Waals surface area contributed by atoms with E-state index in [-0.39, 0.29) is 11.8 Å². The molecule has 38 heavy (non-hydrogen) atoms. The van der Waals surface area contributed by atoms with Crippen LogP contribution in [0, 0.1) is 6.92 Å². The molecule has 1 aliphatic heterocycles. The smallest absolute Gasteiger partial charge is 0.255 e. The SMILES string of the molecule is Cc1ccccc1NC(=O)c1ccc(Nc2nc(Nc3ccc4c(c3)C(C)(C)C(=O)N4C)ncc2Cl)cc1. The van der Waals surface area contributed by atoms with Gasteiger partial charge in [0.2, 0.25) is 11.9 Å². The predicted molar refractivity (Wildman–Crippen MR) is 152 cm³/mol. The summed E-state index contributed by atoms with van der Waals surface area (Å²) >= 11 is 6.36. The van der Waals surface area contributed by atoms with Gasteiger partial charge in [-0.2, -0.15) is 4.98 Å². The number of hydrogen-bond donors (Lipinski definition) is 3. The van der Waals surface area contributed by atoms with Crippen molar-refractivity contribution in [3.63, 3.8) is 0 Å². The highest BCUT2D eigenvalue weighted by atomic mass is 35.5. The Balaban J connectivity index is 1.30. The van der Waals surface area contributed by atoms with Gasteiger partial charge in [-0.3, -0.25) is 9.59 Å². The number of carbonyl (C=O) groups excluding carboxylic acids is 2. The Labute approximate surface area is 226 Å². The lowest BCUT2D eigenvalue weighted by Crippen LogP contribution is -2.33. The lowest BCUT2D eigenvalue weighted by Gasteiger charge is -2.17. The van der Waals surface area contributed by atoms with Crippen LogP contribution in [0.5, 0.6) is 0 Å². The second-order valence-corrected chi connectivity index (χ2v) is 10.1. The summed E-state index contributed by atoms with van der Waals surface area (Å²) in [6.45, 7) is 5.78. The molecule has 1 aliphatic rings. The van der Waals surface area contributed by atoms with Crippen molar-refractivity contribution in [2.75, 3.05) is 27.9 Å². The maximum absolute atomic E-state index is 12.7. The zero-order valence-electron chi connectivity index (χ0n) is 21.5. The number of halogens is 1. The quantitative estimate of drug-likeness (QED) is 0.268. The molecule has 2 amide bonds. The predicted octanol–water partition coefficient (Wildman–Crippen LogP) is 6.43. The van der Waals surface area contributed by atoms with Gasteiger partial charge in [0.05, 0.1) is 11.6 Å². The maximum atomic E-state index is 12.7. The first kappa shape index (κ1) is 25.2. The van der Waals surface area contributed by atoms with E-state index in [4.69, 9.17) is 11.6 Å². The Hall–Kier alpha value is -4.43. The van der Waals surface area contributed by atoms with Gasteiger partial charge in [-0.15, -0.1) is 0 Å². The number of rotatable bonds is 6. The zero-order chi connectivity index (χ0) is 27.0. The van der Waals surface area contributed by atoms with E-state index >= 15 is 0 Å². The lowest BCUT2D eigenvalue weighted by atomic mass is 9.86. The summed E-state index contributed by atoms with van der Waals surface area (Å²) in [5, 5.41) is 9.66. The lowest BCUT2D eigenvalue weighted by molar-refractivity contribution is -0.121. The molecule has 0 bridgehead atoms. The summed E-state index contributed by atoms with van der Waals surface area (Å²) in [6.07, 6.45) is 1.51. The van der Waals surface area contributed by atoms with Crippen LogP contribution in [0.1, 0.15) is 35.3 Å². The Kier molecular flexibility index (Phi) is 6.50. The van der Waals surface area contributed by atoms with Gasteiger partial charge in [-0.1, -0.05) is 29.8 Å². The van der Waals surface area contributed by atoms with Crippen LogP contribution >= 0.6 is 11.6 Å². The van der Waals surface area contributed by atoms with Gasteiger partial charge in [0.1, 0.15) is 5.02 Å². The molecule has 5 rings (SSSR count). The summed E-state index contributed by atoms with van der Waals surface area (Å²) in [6, 6.07) is 20.4. The van der Waals surface area contributed by atoms with Gasteiger partial charge < -0.3 is 20.9 Å². The third-order valence-electron chi connectivity index (χ3n) is 6.67. The molecular formula is C29H27ClN6O2. The molecule has 1 aromatic heterocycles. The third kappa shape index (κ3) is 4.78. The monoisotopic (exact) mass is 526 g/mol. The number of nitrogens with zero attached hydrogens (tertiary/aromatic N) is 3. The van der Waals surface area contributed by atoms with Crippen molar-refractivity contribution in [1.82, 2.24) is 9.97 Å². The van der Waals surface area contributed by atoms with Crippen molar-refractivity contribution >= 4 is 57.9 Å². The topological polar surface area (TPSA) is 99.2 Å². The molecule has 0 radical (unpaired) electrons. The van der Waals surface area contributed by atoms with Crippen LogP contribution in [0.3, 0.4) is 0 Å². The highest BCUT2D eigenvalue weighted by molar-refractivity contribution is 6.32. The van der Waals surface area contributed by atoms with Crippen molar-refractivity contribution in [3.05, 3.63) is 94.6 Å². The number of hydrogen-bond acceptors (Lipinski definition) is 6. The first-order valence-electron chi connectivity index (χ1n) is 12.1. The van der Waals surface area contributed by atoms with E-state index in [1.54, 1.807) is 36.2 Å². The van der Waals surface area contributed by atoms with E-state index in [0.717, 1.165) is 28.2 Å². The maximum Gasteiger partial charge on any atom is 0.255 e. The van der Waals surface area contributed by atoms with E-state index in [0.29, 0.717) is 28.0 Å². The number of carbonyl (C=O) groups is 2. The molecule has 8 nitrogen and oxygen atoms in total. The first-order chi connectivity index (χ1) is 18.1. The summed E-state index contributed by atoms with van der Waals surface area (Å²) in [7, 11) is 1.78. The van der Waals surface area contributed by atoms with Crippen LogP contribution in [-0.4, -0.2) is 28.8 Å². The Morgan fingerprint density at radius 1 is 0.974 bits per heavy atom. The van der Waals surface area contributed by atoms with Crippen LogP contribution in [-0.2, 0) is 10.2 Å². The molecule has 0 aliphatic carbocycles. The second kappa shape index (κ2) is 9.79. The minimum absolute atomic E-state index is 0.0533. The fourth-order valence-corrected chi connectivity index (χ4v) is 4.58. The average Bonchev–Trinajstić information content (AvgIpc) is 3.07. The molecule has 0 atom stereocenters. The van der Waals surface area contributed by atoms with Crippen molar-refractivity contribution in [3.8, 4) is 0 Å². The van der Waals surface area contributed by atoms with Crippen LogP contribution < -0.4 is 20.9 Å². The molecule has 0 spiro atoms. The highest BCUT2D eigenvalue weighted by Gasteiger charge is 2.42. The molecular weight excluding hydrogens is 500 g/mol. The molecule has 0 fully saturated rings. The standard InChI is InChI=1S/C29H27ClN6O2/c1-17-7-5-6-8-23(17)34-26(37)18-9-11-19(12-10-18)32-25-22(30)16-31-28(35-25)33-20-13-14-24-21(15-20)29(2,3)27(38)36(24)4/h5-16H,1-4H3,(H,34,37)(H2,31,32,33,35). The van der Waals surface area contributed by atoms with Crippen LogP contribution in [0.15, 0.2) is 72.9 Å². The van der Waals surface area contributed by atoms with Crippen LogP contribution in [0.2, 0.25) is 5.02 Å². The van der Waals surface area contributed by atoms with Gasteiger partial charge >= 0.3 is 0 Å². The second-order valence-electron chi connectivity index (χ2n) is 9.71. The summed E-state index contributed by atoms with van der Waals surface area (Å²) in [5.41, 5.74) is 4.98. The summed E-state index contributed by atoms with van der Waals surface area (Å²) < 4.78 is 0. The number of nitrogens with one attached hydrogen (secondary N) is 3. The molecule has 3 N–H and O–H groups in total. The van der Waals surface area contributed by atoms with Gasteiger partial charge in [0.15, 0.2) is 5.82 Å². The average molecular weight is 527 g/mol. The number of para-hydroxylation sites is 1. The fraction of sp³-hybridized carbons (Fsp3) is 0.172. The Morgan fingerprint density at radius 3 is 2.42 bits per heavy atom. The number of amides is 2. The fourth-order valence-electron chi connectivity index (χ4n) is 4.44. The number of aryl methyl sites for hydroxylation is 1. The number of aromatic nitrogens is 2. The van der Waals surface area contributed by atoms with Gasteiger partial charge in [-0.25, -0.2) is 4.98 Å². The number of likely N-dealkylation sites (N-methyl/N-ethyl adjacent to an activating group) is 1. The minimum Gasteiger partial charge on any atom is -0.339 e. The van der Waals surface area contributed by atoms with Gasteiger partial charge in [-0.05, 0) is 80.4 Å². The van der Waals surface area contributed by atoms with E-state index in [1.807, 2.05) is 63.2 Å². The molecule has 9 heteroatoms.